The summed E-state index contributed by atoms with van der Waals surface area (Å²) in [6, 6.07) is 94.5. The molecule has 18 rings (SSSR count). The van der Waals surface area contributed by atoms with Crippen molar-refractivity contribution < 1.29 is 14.2 Å². The Hall–Kier alpha value is -11.6. The van der Waals surface area contributed by atoms with E-state index in [2.05, 4.69) is 290 Å². The van der Waals surface area contributed by atoms with E-state index in [-0.39, 0.29) is 5.92 Å². The van der Waals surface area contributed by atoms with Crippen LogP contribution in [0.25, 0.3) is 66.1 Å². The van der Waals surface area contributed by atoms with Gasteiger partial charge in [0.2, 0.25) is 0 Å². The van der Waals surface area contributed by atoms with Crippen LogP contribution >= 0.6 is 34.0 Å². The van der Waals surface area contributed by atoms with Crippen molar-refractivity contribution in [3.05, 3.63) is 353 Å². The first-order chi connectivity index (χ1) is 49.4. The maximum Gasteiger partial charge on any atom is 0.149 e. The summed E-state index contributed by atoms with van der Waals surface area (Å²) < 4.78 is 18.3. The predicted molar refractivity (Wildman–Crippen MR) is 409 cm³/mol. The third-order valence-corrected chi connectivity index (χ3v) is 24.2. The first-order valence-electron chi connectivity index (χ1n) is 33.6. The van der Waals surface area contributed by atoms with Gasteiger partial charge in [0.25, 0.3) is 0 Å². The van der Waals surface area contributed by atoms with Gasteiger partial charge in [0, 0.05) is 64.5 Å². The predicted octanol–water partition coefficient (Wildman–Crippen LogP) is 21.0. The second-order valence-corrected chi connectivity index (χ2v) is 28.8. The van der Waals surface area contributed by atoms with E-state index in [1.807, 2.05) is 73.4 Å². The molecule has 0 bridgehead atoms. The van der Waals surface area contributed by atoms with Crippen molar-refractivity contribution in [2.24, 2.45) is 0 Å². The summed E-state index contributed by atoms with van der Waals surface area (Å²) in [6.07, 6.45) is 5.81. The van der Waals surface area contributed by atoms with Crippen LogP contribution in [0.3, 0.4) is 0 Å². The van der Waals surface area contributed by atoms with Gasteiger partial charge >= 0.3 is 0 Å². The van der Waals surface area contributed by atoms with Crippen molar-refractivity contribution in [3.8, 4) is 86.5 Å². The van der Waals surface area contributed by atoms with Crippen molar-refractivity contribution in [1.82, 2.24) is 15.0 Å². The van der Waals surface area contributed by atoms with Crippen LogP contribution in [-0.4, -0.2) is 34.8 Å². The molecule has 0 N–H and O–H groups in total. The fraction of sp³-hybridized carbons (Fsp3) is 0.110. The van der Waals surface area contributed by atoms with Crippen LogP contribution in [0.5, 0.6) is 17.2 Å². The van der Waals surface area contributed by atoms with Crippen molar-refractivity contribution >= 4 is 66.3 Å². The van der Waals surface area contributed by atoms with E-state index in [4.69, 9.17) is 29.2 Å². The molecule has 0 saturated heterocycles. The van der Waals surface area contributed by atoms with Crippen LogP contribution in [0.4, 0.5) is 0 Å². The second-order valence-electron chi connectivity index (χ2n) is 25.4. The van der Waals surface area contributed by atoms with Gasteiger partial charge in [-0.2, -0.15) is 0 Å². The van der Waals surface area contributed by atoms with Gasteiger partial charge in [0.15, 0.2) is 0 Å². The Morgan fingerprint density at radius 2 is 0.600 bits per heavy atom. The molecule has 15 aromatic rings. The molecule has 6 aromatic heterocycles. The Morgan fingerprint density at radius 3 is 0.920 bits per heavy atom. The zero-order valence-corrected chi connectivity index (χ0v) is 57.4. The van der Waals surface area contributed by atoms with Gasteiger partial charge in [0.1, 0.15) is 37.1 Å². The molecule has 0 saturated carbocycles. The van der Waals surface area contributed by atoms with Gasteiger partial charge < -0.3 is 14.2 Å². The minimum absolute atomic E-state index is 0.213. The van der Waals surface area contributed by atoms with E-state index in [9.17, 15) is 0 Å². The number of fused-ring (bicyclic) bond motifs is 12. The highest BCUT2D eigenvalue weighted by atomic mass is 32.1. The van der Waals surface area contributed by atoms with E-state index in [0.717, 1.165) is 100 Å². The number of rotatable bonds is 15. The summed E-state index contributed by atoms with van der Waals surface area (Å²) in [6.45, 7) is 6.52. The number of hydrogen-bond acceptors (Lipinski definition) is 9. The molecule has 9 heteroatoms. The summed E-state index contributed by atoms with van der Waals surface area (Å²) in [5.41, 5.74) is 14.9. The van der Waals surface area contributed by atoms with Gasteiger partial charge in [-0.1, -0.05) is 163 Å². The SMILES string of the molecule is CC#CCOc1ccc2cc(C3(c4ccc(C(c5ccc(C6(c7ccc8cc(OCC#CC)ccc8c7)c7ccccc7-c7ncccc76)s5)c5ccc(C6(c7ccc8cc(OCC#CC)ccc8c7)c7ccccc7-c7ncccc76)s5)s4)c4ccccc4-c4ncccc43)ccc2c1. The highest BCUT2D eigenvalue weighted by molar-refractivity contribution is 7.15. The van der Waals surface area contributed by atoms with Crippen molar-refractivity contribution in [3.63, 3.8) is 0 Å². The van der Waals surface area contributed by atoms with E-state index in [1.165, 1.54) is 62.6 Å². The molecular weight excluding hydrogens is 1280 g/mol. The molecule has 9 aromatic carbocycles. The number of pyridine rings is 3. The minimum Gasteiger partial charge on any atom is -0.481 e. The third-order valence-electron chi connectivity index (χ3n) is 20.4. The average molecular weight is 1340 g/mol. The van der Waals surface area contributed by atoms with Crippen LogP contribution < -0.4 is 14.2 Å². The zero-order chi connectivity index (χ0) is 66.9. The first-order valence-corrected chi connectivity index (χ1v) is 36.0. The van der Waals surface area contributed by atoms with Crippen LogP contribution in [0.2, 0.25) is 0 Å². The monoisotopic (exact) mass is 1340 g/mol. The Morgan fingerprint density at radius 1 is 0.310 bits per heavy atom. The number of thiophene rings is 3. The topological polar surface area (TPSA) is 66.4 Å². The van der Waals surface area contributed by atoms with Gasteiger partial charge in [-0.3, -0.25) is 15.0 Å². The highest BCUT2D eigenvalue weighted by Crippen LogP contribution is 2.63. The van der Waals surface area contributed by atoms with Crippen molar-refractivity contribution in [2.45, 2.75) is 42.9 Å². The molecule has 100 heavy (non-hydrogen) atoms. The van der Waals surface area contributed by atoms with Crippen LogP contribution in [0.1, 0.15) is 106 Å². The summed E-state index contributed by atoms with van der Waals surface area (Å²) in [5, 5.41) is 6.65. The standard InChI is InChI=1S/C91H61N3O3S3/c1-4-7-49-95-67-37-31-58-52-64(34-28-61(58)55-67)89(73-22-13-10-19-70(73)86-76(89)25-16-46-92-86)82-43-40-79(98-82)85(80-41-44-83(99-80)90(74-23-14-11-20-71(74)87-77(90)26-17-47-93-87)65-35-29-62-56-68(96-50-8-5-2)38-32-59(62)53-65)81-42-45-84(100-81)91(75-24-15-12-21-72(75)88-78(91)27-18-48-94-88)66-36-30-63-57-69(97-51-9-6-3)39-33-60(63)54-66/h10-48,52-57,85H,49-51H2,1-3H3. The summed E-state index contributed by atoms with van der Waals surface area (Å²) in [4.78, 5) is 23.0. The number of benzene rings is 9. The Bertz CT molecular complexity index is 5300. The number of ether oxygens (including phenoxy) is 3. The quantitative estimate of drug-likeness (QED) is 0.0953. The second kappa shape index (κ2) is 24.7. The lowest BCUT2D eigenvalue weighted by Crippen LogP contribution is -2.27. The molecule has 3 unspecified atom stereocenters. The molecule has 3 atom stereocenters. The maximum atomic E-state index is 6.11. The number of hydrogen-bond donors (Lipinski definition) is 0. The molecule has 476 valence electrons. The largest absolute Gasteiger partial charge is 0.481 e. The van der Waals surface area contributed by atoms with E-state index in [0.29, 0.717) is 19.8 Å². The maximum absolute atomic E-state index is 6.11. The molecular formula is C91H61N3O3S3. The Labute approximate surface area is 593 Å². The molecule has 0 fully saturated rings. The first kappa shape index (κ1) is 60.8. The van der Waals surface area contributed by atoms with E-state index < -0.39 is 16.2 Å². The molecule has 0 aliphatic heterocycles. The van der Waals surface area contributed by atoms with Crippen LogP contribution in [0.15, 0.2) is 273 Å². The van der Waals surface area contributed by atoms with Gasteiger partial charge in [-0.05, 0) is 212 Å². The van der Waals surface area contributed by atoms with Gasteiger partial charge in [0.05, 0.1) is 39.2 Å². The molecule has 6 nitrogen and oxygen atoms in total. The molecule has 0 spiro atoms. The molecule has 3 aliphatic carbocycles. The van der Waals surface area contributed by atoms with Gasteiger partial charge in [-0.25, -0.2) is 0 Å². The zero-order valence-electron chi connectivity index (χ0n) is 55.0. The van der Waals surface area contributed by atoms with E-state index in [1.54, 1.807) is 0 Å². The molecule has 0 amide bonds. The molecule has 6 heterocycles. The molecule has 0 radical (unpaired) electrons. The Balaban J connectivity index is 0.861. The minimum atomic E-state index is -0.725. The lowest BCUT2D eigenvalue weighted by molar-refractivity contribution is 0.370. The normalized spacial score (nSPS) is 16.7. The van der Waals surface area contributed by atoms with Crippen LogP contribution in [0, 0.1) is 35.5 Å². The summed E-state index contributed by atoms with van der Waals surface area (Å²) in [5.74, 6) is 20.2. The summed E-state index contributed by atoms with van der Waals surface area (Å²) in [7, 11) is 0. The fourth-order valence-corrected chi connectivity index (χ4v) is 20.6. The average Bonchev–Trinajstić information content (AvgIpc) is 1.55. The van der Waals surface area contributed by atoms with Crippen LogP contribution in [-0.2, 0) is 16.2 Å². The third kappa shape index (κ3) is 9.43. The lowest BCUT2D eigenvalue weighted by Gasteiger charge is -2.32. The smallest absolute Gasteiger partial charge is 0.149 e. The van der Waals surface area contributed by atoms with Crippen molar-refractivity contribution in [1.29, 1.82) is 0 Å². The molecule has 3 aliphatic rings. The number of nitrogens with zero attached hydrogens (tertiary/aromatic N) is 3. The van der Waals surface area contributed by atoms with E-state index >= 15 is 0 Å². The Kier molecular flexibility index (Phi) is 15.0. The van der Waals surface area contributed by atoms with Crippen molar-refractivity contribution in [2.75, 3.05) is 19.8 Å². The summed E-state index contributed by atoms with van der Waals surface area (Å²) >= 11 is 5.73. The van der Waals surface area contributed by atoms with Gasteiger partial charge in [-0.15, -0.1) is 51.8 Å². The number of aromatic nitrogens is 3. The fourth-order valence-electron chi connectivity index (χ4n) is 16.2. The lowest BCUT2D eigenvalue weighted by atomic mass is 9.71. The highest BCUT2D eigenvalue weighted by Gasteiger charge is 2.52.